The lowest BCUT2D eigenvalue weighted by molar-refractivity contribution is -0.117. The molecule has 1 aromatic carbocycles. The van der Waals surface area contributed by atoms with Crippen LogP contribution in [0.1, 0.15) is 32.3 Å². The maximum atomic E-state index is 11.0. The maximum Gasteiger partial charge on any atom is 0.129 e. The molecule has 110 valence electrons. The van der Waals surface area contributed by atoms with Crippen molar-refractivity contribution >= 4 is 5.78 Å². The number of allylic oxidation sites excluding steroid dienone is 1. The molecule has 0 unspecified atom stereocenters. The Kier molecular flexibility index (Phi) is 7.66. The number of carbonyl (C=O) groups is 1. The zero-order valence-corrected chi connectivity index (χ0v) is 12.6. The monoisotopic (exact) mass is 275 g/mol. The second kappa shape index (κ2) is 9.32. The number of ether oxygens (including phenoxy) is 1. The minimum Gasteiger partial charge on any atom is -0.498 e. The summed E-state index contributed by atoms with van der Waals surface area (Å²) in [6.07, 6.45) is 1.54. The Bertz CT molecular complexity index is 394. The van der Waals surface area contributed by atoms with Crippen LogP contribution in [-0.4, -0.2) is 30.4 Å². The van der Waals surface area contributed by atoms with E-state index in [4.69, 9.17) is 4.74 Å². The van der Waals surface area contributed by atoms with Gasteiger partial charge < -0.3 is 9.53 Å². The first-order chi connectivity index (χ1) is 9.58. The van der Waals surface area contributed by atoms with E-state index < -0.39 is 0 Å². The molecule has 3 nitrogen and oxygen atoms in total. The van der Waals surface area contributed by atoms with E-state index in [1.807, 2.05) is 25.1 Å². The van der Waals surface area contributed by atoms with Crippen LogP contribution in [0.4, 0.5) is 0 Å². The Hall–Kier alpha value is -1.61. The number of ketones is 1. The molecule has 1 aromatic rings. The fraction of sp³-hybridized carbons (Fsp3) is 0.471. The number of nitrogens with zero attached hydrogens (tertiary/aromatic N) is 1. The third-order valence-corrected chi connectivity index (χ3v) is 3.01. The van der Waals surface area contributed by atoms with Crippen LogP contribution in [0.15, 0.2) is 42.7 Å². The molecule has 0 aromatic heterocycles. The van der Waals surface area contributed by atoms with Gasteiger partial charge in [0.15, 0.2) is 0 Å². The summed E-state index contributed by atoms with van der Waals surface area (Å²) >= 11 is 0. The summed E-state index contributed by atoms with van der Waals surface area (Å²) in [5.41, 5.74) is 1.28. The van der Waals surface area contributed by atoms with Gasteiger partial charge in [-0.1, -0.05) is 36.9 Å². The van der Waals surface area contributed by atoms with Crippen molar-refractivity contribution in [2.24, 2.45) is 0 Å². The fourth-order valence-corrected chi connectivity index (χ4v) is 2.01. The van der Waals surface area contributed by atoms with E-state index >= 15 is 0 Å². The van der Waals surface area contributed by atoms with E-state index in [0.717, 1.165) is 31.8 Å². The summed E-state index contributed by atoms with van der Waals surface area (Å²) in [6, 6.07) is 10.4. The summed E-state index contributed by atoms with van der Waals surface area (Å²) in [4.78, 5) is 13.4. The lowest BCUT2D eigenvalue weighted by Gasteiger charge is -2.22. The van der Waals surface area contributed by atoms with Gasteiger partial charge in [0.1, 0.15) is 12.4 Å². The molecule has 0 atom stereocenters. The highest BCUT2D eigenvalue weighted by atomic mass is 16.5. The lowest BCUT2D eigenvalue weighted by atomic mass is 10.2. The van der Waals surface area contributed by atoms with E-state index in [1.54, 1.807) is 6.92 Å². The van der Waals surface area contributed by atoms with Crippen molar-refractivity contribution in [2.45, 2.75) is 33.2 Å². The highest BCUT2D eigenvalue weighted by Crippen LogP contribution is 2.06. The van der Waals surface area contributed by atoms with Crippen molar-refractivity contribution in [2.75, 3.05) is 19.7 Å². The Balaban J connectivity index is 2.45. The van der Waals surface area contributed by atoms with Gasteiger partial charge in [0, 0.05) is 19.5 Å². The van der Waals surface area contributed by atoms with Crippen molar-refractivity contribution in [3.8, 4) is 0 Å². The van der Waals surface area contributed by atoms with Crippen LogP contribution in [0, 0.1) is 0 Å². The first-order valence-corrected chi connectivity index (χ1v) is 7.12. The van der Waals surface area contributed by atoms with Crippen molar-refractivity contribution in [1.29, 1.82) is 0 Å². The van der Waals surface area contributed by atoms with E-state index in [-0.39, 0.29) is 5.78 Å². The van der Waals surface area contributed by atoms with Gasteiger partial charge in [0.05, 0.1) is 5.76 Å². The highest BCUT2D eigenvalue weighted by molar-refractivity contribution is 5.75. The van der Waals surface area contributed by atoms with Crippen LogP contribution in [0.5, 0.6) is 0 Å². The summed E-state index contributed by atoms with van der Waals surface area (Å²) in [7, 11) is 0. The molecule has 1 rings (SSSR count). The van der Waals surface area contributed by atoms with Gasteiger partial charge in [-0.25, -0.2) is 0 Å². The van der Waals surface area contributed by atoms with Crippen molar-refractivity contribution < 1.29 is 9.53 Å². The average Bonchev–Trinajstić information content (AvgIpc) is 2.38. The molecule has 0 heterocycles. The molecule has 0 radical (unpaired) electrons. The zero-order chi connectivity index (χ0) is 14.8. The Labute approximate surface area is 122 Å². The first kappa shape index (κ1) is 16.4. The quantitative estimate of drug-likeness (QED) is 0.613. The normalized spacial score (nSPS) is 10.6. The highest BCUT2D eigenvalue weighted by Gasteiger charge is 2.07. The molecule has 0 amide bonds. The third-order valence-electron chi connectivity index (χ3n) is 3.01. The van der Waals surface area contributed by atoms with E-state index in [0.29, 0.717) is 13.0 Å². The SMILES string of the molecule is C=C(C)OCCN(CCCC(C)=O)Cc1ccccc1. The topological polar surface area (TPSA) is 29.5 Å². The number of rotatable bonds is 10. The molecule has 0 saturated carbocycles. The van der Waals surface area contributed by atoms with Gasteiger partial charge in [-0.2, -0.15) is 0 Å². The molecule has 20 heavy (non-hydrogen) atoms. The average molecular weight is 275 g/mol. The molecule has 0 spiro atoms. The van der Waals surface area contributed by atoms with Gasteiger partial charge >= 0.3 is 0 Å². The van der Waals surface area contributed by atoms with Crippen LogP contribution >= 0.6 is 0 Å². The summed E-state index contributed by atoms with van der Waals surface area (Å²) in [6.45, 7) is 10.5. The molecular formula is C17H25NO2. The first-order valence-electron chi connectivity index (χ1n) is 7.12. The molecule has 0 aliphatic carbocycles. The molecule has 0 fully saturated rings. The number of hydrogen-bond donors (Lipinski definition) is 0. The predicted octanol–water partition coefficient (Wildman–Crippen LogP) is 3.41. The van der Waals surface area contributed by atoms with Crippen LogP contribution in [0.25, 0.3) is 0 Å². The number of hydrogen-bond acceptors (Lipinski definition) is 3. The van der Waals surface area contributed by atoms with E-state index in [9.17, 15) is 4.79 Å². The predicted molar refractivity (Wildman–Crippen MR) is 82.4 cm³/mol. The Morgan fingerprint density at radius 1 is 1.20 bits per heavy atom. The molecule has 3 heteroatoms. The summed E-state index contributed by atoms with van der Waals surface area (Å²) in [5.74, 6) is 0.997. The third kappa shape index (κ3) is 7.74. The van der Waals surface area contributed by atoms with Crippen molar-refractivity contribution in [3.05, 3.63) is 48.2 Å². The van der Waals surface area contributed by atoms with Crippen LogP contribution in [0.3, 0.4) is 0 Å². The Morgan fingerprint density at radius 2 is 1.90 bits per heavy atom. The zero-order valence-electron chi connectivity index (χ0n) is 12.6. The second-order valence-electron chi connectivity index (χ2n) is 5.12. The molecule has 0 saturated heterocycles. The van der Waals surface area contributed by atoms with E-state index in [1.165, 1.54) is 5.56 Å². The smallest absolute Gasteiger partial charge is 0.129 e. The van der Waals surface area contributed by atoms with Gasteiger partial charge in [-0.3, -0.25) is 4.90 Å². The van der Waals surface area contributed by atoms with Crippen LogP contribution in [-0.2, 0) is 16.1 Å². The number of benzene rings is 1. The lowest BCUT2D eigenvalue weighted by Crippen LogP contribution is -2.28. The number of Topliss-reactive ketones (excluding diaryl/α,β-unsaturated/α-hetero) is 1. The van der Waals surface area contributed by atoms with E-state index in [2.05, 4.69) is 23.6 Å². The summed E-state index contributed by atoms with van der Waals surface area (Å²) in [5, 5.41) is 0. The van der Waals surface area contributed by atoms with Crippen molar-refractivity contribution in [1.82, 2.24) is 4.90 Å². The van der Waals surface area contributed by atoms with Gasteiger partial charge in [-0.05, 0) is 32.4 Å². The molecular weight excluding hydrogens is 250 g/mol. The minimum atomic E-state index is 0.253. The number of carbonyl (C=O) groups excluding carboxylic acids is 1. The summed E-state index contributed by atoms with van der Waals surface area (Å²) < 4.78 is 5.43. The fourth-order valence-electron chi connectivity index (χ4n) is 2.01. The van der Waals surface area contributed by atoms with Gasteiger partial charge in [0.2, 0.25) is 0 Å². The second-order valence-corrected chi connectivity index (χ2v) is 5.12. The largest absolute Gasteiger partial charge is 0.498 e. The van der Waals surface area contributed by atoms with Crippen LogP contribution < -0.4 is 0 Å². The molecule has 0 bridgehead atoms. The van der Waals surface area contributed by atoms with Crippen molar-refractivity contribution in [3.63, 3.8) is 0 Å². The van der Waals surface area contributed by atoms with Gasteiger partial charge in [0.25, 0.3) is 0 Å². The minimum absolute atomic E-state index is 0.253. The molecule has 0 aliphatic heterocycles. The molecule has 0 N–H and O–H groups in total. The maximum absolute atomic E-state index is 11.0. The molecule has 0 aliphatic rings. The standard InChI is InChI=1S/C17H25NO2/c1-15(2)20-13-12-18(11-7-8-16(3)19)14-17-9-5-4-6-10-17/h4-6,9-10H,1,7-8,11-14H2,2-3H3. The van der Waals surface area contributed by atoms with Crippen LogP contribution in [0.2, 0.25) is 0 Å². The van der Waals surface area contributed by atoms with Gasteiger partial charge in [-0.15, -0.1) is 0 Å². The Morgan fingerprint density at radius 3 is 2.50 bits per heavy atom.